The number of ether oxygens (including phenoxy) is 1. The molecule has 2 nitrogen and oxygen atoms in total. The number of unbranched alkanes of at least 4 members (excludes halogenated alkanes) is 1. The molecule has 0 aliphatic heterocycles. The van der Waals surface area contributed by atoms with Crippen LogP contribution in [0.3, 0.4) is 0 Å². The summed E-state index contributed by atoms with van der Waals surface area (Å²) < 4.78 is 5.31. The van der Waals surface area contributed by atoms with Gasteiger partial charge in [0.25, 0.3) is 0 Å². The second-order valence-electron chi connectivity index (χ2n) is 4.27. The first kappa shape index (κ1) is 13.8. The minimum Gasteiger partial charge on any atom is -0.465 e. The van der Waals surface area contributed by atoms with Crippen molar-refractivity contribution in [3.05, 3.63) is 35.9 Å². The molecule has 0 aliphatic carbocycles. The van der Waals surface area contributed by atoms with E-state index in [0.717, 1.165) is 31.2 Å². The van der Waals surface area contributed by atoms with E-state index in [4.69, 9.17) is 4.74 Å². The van der Waals surface area contributed by atoms with Crippen molar-refractivity contribution in [1.29, 1.82) is 0 Å². The van der Waals surface area contributed by atoms with Gasteiger partial charge < -0.3 is 4.74 Å². The van der Waals surface area contributed by atoms with Gasteiger partial charge in [-0.3, -0.25) is 4.79 Å². The summed E-state index contributed by atoms with van der Waals surface area (Å²) in [5.74, 6) is -0.176. The number of rotatable bonds is 7. The summed E-state index contributed by atoms with van der Waals surface area (Å²) in [7, 11) is 0. The number of hydrogen-bond acceptors (Lipinski definition) is 2. The fraction of sp³-hybridized carbons (Fsp3) is 0.533. The van der Waals surface area contributed by atoms with Crippen LogP contribution in [0.2, 0.25) is 0 Å². The van der Waals surface area contributed by atoms with Gasteiger partial charge in [-0.25, -0.2) is 0 Å². The first-order chi connectivity index (χ1) is 8.29. The highest BCUT2D eigenvalue weighted by atomic mass is 16.5. The molecule has 0 bridgehead atoms. The summed E-state index contributed by atoms with van der Waals surface area (Å²) in [4.78, 5) is 12.0. The normalized spacial score (nSPS) is 12.1. The van der Waals surface area contributed by atoms with E-state index in [9.17, 15) is 4.79 Å². The molecule has 1 rings (SSSR count). The Bertz CT molecular complexity index is 319. The Kier molecular flexibility index (Phi) is 6.38. The molecule has 0 spiro atoms. The Morgan fingerprint density at radius 1 is 1.18 bits per heavy atom. The van der Waals surface area contributed by atoms with Crippen LogP contribution in [0.15, 0.2) is 30.3 Å². The summed E-state index contributed by atoms with van der Waals surface area (Å²) in [6.45, 7) is 4.73. The third-order valence-electron chi connectivity index (χ3n) is 2.81. The lowest BCUT2D eigenvalue weighted by molar-refractivity contribution is -0.145. The van der Waals surface area contributed by atoms with Crippen molar-refractivity contribution < 1.29 is 9.53 Å². The Balaban J connectivity index is 2.62. The van der Waals surface area contributed by atoms with Crippen LogP contribution >= 0.6 is 0 Å². The van der Waals surface area contributed by atoms with Crippen molar-refractivity contribution in [2.45, 2.75) is 45.4 Å². The number of carbonyl (C=O) groups is 1. The zero-order valence-electron chi connectivity index (χ0n) is 10.8. The predicted molar refractivity (Wildman–Crippen MR) is 70.0 cm³/mol. The van der Waals surface area contributed by atoms with Crippen molar-refractivity contribution in [2.75, 3.05) is 6.61 Å². The summed E-state index contributed by atoms with van der Waals surface area (Å²) >= 11 is 0. The van der Waals surface area contributed by atoms with Crippen LogP contribution in [0, 0.1) is 0 Å². The molecule has 2 heteroatoms. The van der Waals surface area contributed by atoms with Crippen LogP contribution in [0.5, 0.6) is 0 Å². The third kappa shape index (κ3) is 4.59. The van der Waals surface area contributed by atoms with E-state index in [1.54, 1.807) is 0 Å². The molecule has 1 aromatic rings. The molecule has 0 saturated heterocycles. The van der Waals surface area contributed by atoms with Crippen molar-refractivity contribution in [1.82, 2.24) is 0 Å². The number of benzene rings is 1. The first-order valence-electron chi connectivity index (χ1n) is 6.51. The van der Waals surface area contributed by atoms with E-state index in [1.165, 1.54) is 0 Å². The lowest BCUT2D eigenvalue weighted by Crippen LogP contribution is -2.16. The maximum absolute atomic E-state index is 12.0. The highest BCUT2D eigenvalue weighted by molar-refractivity contribution is 5.78. The third-order valence-corrected chi connectivity index (χ3v) is 2.81. The molecule has 1 unspecified atom stereocenters. The number of carbonyl (C=O) groups excluding carboxylic acids is 1. The molecule has 94 valence electrons. The van der Waals surface area contributed by atoms with Crippen LogP contribution in [-0.4, -0.2) is 12.6 Å². The molecule has 1 aromatic carbocycles. The lowest BCUT2D eigenvalue weighted by Gasteiger charge is -2.15. The van der Waals surface area contributed by atoms with E-state index in [1.807, 2.05) is 30.3 Å². The van der Waals surface area contributed by atoms with Gasteiger partial charge in [-0.1, -0.05) is 57.0 Å². The maximum atomic E-state index is 12.0. The molecule has 0 amide bonds. The van der Waals surface area contributed by atoms with Gasteiger partial charge >= 0.3 is 5.97 Å². The van der Waals surface area contributed by atoms with E-state index < -0.39 is 0 Å². The van der Waals surface area contributed by atoms with E-state index in [2.05, 4.69) is 13.8 Å². The van der Waals surface area contributed by atoms with E-state index in [-0.39, 0.29) is 11.9 Å². The molecule has 0 radical (unpaired) electrons. The van der Waals surface area contributed by atoms with Crippen LogP contribution < -0.4 is 0 Å². The smallest absolute Gasteiger partial charge is 0.313 e. The van der Waals surface area contributed by atoms with Crippen molar-refractivity contribution >= 4 is 5.97 Å². The summed E-state index contributed by atoms with van der Waals surface area (Å²) in [5.41, 5.74) is 1.07. The topological polar surface area (TPSA) is 26.3 Å². The van der Waals surface area contributed by atoms with Crippen molar-refractivity contribution in [3.8, 4) is 0 Å². The highest BCUT2D eigenvalue weighted by Gasteiger charge is 2.20. The molecule has 17 heavy (non-hydrogen) atoms. The average Bonchev–Trinajstić information content (AvgIpc) is 2.37. The number of hydrogen-bond donors (Lipinski definition) is 0. The second kappa shape index (κ2) is 7.88. The lowest BCUT2D eigenvalue weighted by atomic mass is 9.95. The van der Waals surface area contributed by atoms with Gasteiger partial charge in [-0.2, -0.15) is 0 Å². The van der Waals surface area contributed by atoms with Crippen LogP contribution in [0.1, 0.15) is 51.0 Å². The van der Waals surface area contributed by atoms with Gasteiger partial charge in [0, 0.05) is 0 Å². The van der Waals surface area contributed by atoms with Gasteiger partial charge in [-0.15, -0.1) is 0 Å². The highest BCUT2D eigenvalue weighted by Crippen LogP contribution is 2.22. The first-order valence-corrected chi connectivity index (χ1v) is 6.51. The van der Waals surface area contributed by atoms with Crippen molar-refractivity contribution in [2.24, 2.45) is 0 Å². The molecule has 0 saturated carbocycles. The van der Waals surface area contributed by atoms with Gasteiger partial charge in [0.2, 0.25) is 0 Å². The predicted octanol–water partition coefficient (Wildman–Crippen LogP) is 3.91. The monoisotopic (exact) mass is 234 g/mol. The average molecular weight is 234 g/mol. The Morgan fingerprint density at radius 3 is 2.47 bits per heavy atom. The van der Waals surface area contributed by atoms with Gasteiger partial charge in [0.15, 0.2) is 0 Å². The molecule has 0 aromatic heterocycles. The van der Waals surface area contributed by atoms with Crippen LogP contribution in [0.25, 0.3) is 0 Å². The fourth-order valence-electron chi connectivity index (χ4n) is 1.81. The number of esters is 1. The van der Waals surface area contributed by atoms with E-state index >= 15 is 0 Å². The quantitative estimate of drug-likeness (QED) is 0.528. The van der Waals surface area contributed by atoms with Crippen molar-refractivity contribution in [3.63, 3.8) is 0 Å². The van der Waals surface area contributed by atoms with Gasteiger partial charge in [0.05, 0.1) is 12.5 Å². The molecule has 0 N–H and O–H groups in total. The molecule has 0 fully saturated rings. The minimum absolute atomic E-state index is 0.0773. The maximum Gasteiger partial charge on any atom is 0.313 e. The standard InChI is InChI=1S/C15H22O2/c1-3-5-12-17-15(16)14(9-4-2)13-10-7-6-8-11-13/h6-8,10-11,14H,3-5,9,12H2,1-2H3. The molecular weight excluding hydrogens is 212 g/mol. The Morgan fingerprint density at radius 2 is 1.88 bits per heavy atom. The molecular formula is C15H22O2. The minimum atomic E-state index is -0.0990. The second-order valence-corrected chi connectivity index (χ2v) is 4.27. The molecule has 0 heterocycles. The zero-order valence-corrected chi connectivity index (χ0v) is 10.8. The van der Waals surface area contributed by atoms with Crippen LogP contribution in [0.4, 0.5) is 0 Å². The summed E-state index contributed by atoms with van der Waals surface area (Å²) in [6.07, 6.45) is 3.84. The fourth-order valence-corrected chi connectivity index (χ4v) is 1.81. The van der Waals surface area contributed by atoms with Gasteiger partial charge in [-0.05, 0) is 18.4 Å². The molecule has 0 aliphatic rings. The SMILES string of the molecule is CCCCOC(=O)C(CCC)c1ccccc1. The zero-order chi connectivity index (χ0) is 12.5. The van der Waals surface area contributed by atoms with E-state index in [0.29, 0.717) is 6.61 Å². The van der Waals surface area contributed by atoms with Crippen LogP contribution in [-0.2, 0) is 9.53 Å². The Hall–Kier alpha value is -1.31. The Labute approximate surface area is 104 Å². The summed E-state index contributed by atoms with van der Waals surface area (Å²) in [5, 5.41) is 0. The summed E-state index contributed by atoms with van der Waals surface area (Å²) in [6, 6.07) is 9.91. The molecule has 1 atom stereocenters. The van der Waals surface area contributed by atoms with Gasteiger partial charge in [0.1, 0.15) is 0 Å². The largest absolute Gasteiger partial charge is 0.465 e.